The van der Waals surface area contributed by atoms with Crippen molar-refractivity contribution in [3.05, 3.63) is 60.1 Å². The van der Waals surface area contributed by atoms with Crippen LogP contribution in [0, 0.1) is 0 Å². The molecule has 0 saturated carbocycles. The molecule has 8 heteroatoms. The van der Waals surface area contributed by atoms with Crippen LogP contribution in [0.2, 0.25) is 0 Å². The zero-order valence-corrected chi connectivity index (χ0v) is 14.1. The molecule has 0 aliphatic heterocycles. The number of aromatic nitrogens is 4. The van der Waals surface area contributed by atoms with Crippen LogP contribution in [0.1, 0.15) is 11.5 Å². The molecule has 126 valence electrons. The van der Waals surface area contributed by atoms with Gasteiger partial charge in [-0.2, -0.15) is 10.1 Å². The molecule has 0 atom stereocenters. The molecule has 0 unspecified atom stereocenters. The second kappa shape index (κ2) is 5.82. The van der Waals surface area contributed by atoms with E-state index in [0.717, 1.165) is 16.5 Å². The van der Waals surface area contributed by atoms with Gasteiger partial charge in [-0.1, -0.05) is 17.3 Å². The van der Waals surface area contributed by atoms with Gasteiger partial charge >= 0.3 is 0 Å². The Morgan fingerprint density at radius 1 is 1.12 bits per heavy atom. The monoisotopic (exact) mass is 354 g/mol. The molecule has 0 radical (unpaired) electrons. The highest BCUT2D eigenvalue weighted by Crippen LogP contribution is 2.20. The van der Waals surface area contributed by atoms with E-state index in [2.05, 4.69) is 20.3 Å². The maximum absolute atomic E-state index is 11.5. The van der Waals surface area contributed by atoms with Gasteiger partial charge in [-0.25, -0.2) is 8.42 Å². The zero-order valence-electron chi connectivity index (χ0n) is 13.3. The van der Waals surface area contributed by atoms with Crippen molar-refractivity contribution in [2.24, 2.45) is 0 Å². The number of fused-ring (bicyclic) bond motifs is 1. The smallest absolute Gasteiger partial charge is 0.231 e. The van der Waals surface area contributed by atoms with E-state index in [-0.39, 0.29) is 4.90 Å². The van der Waals surface area contributed by atoms with Crippen molar-refractivity contribution in [2.45, 2.75) is 11.3 Å². The Morgan fingerprint density at radius 2 is 1.92 bits per heavy atom. The largest absolute Gasteiger partial charge is 0.339 e. The number of nitrogens with zero attached hydrogens (tertiary/aromatic N) is 3. The van der Waals surface area contributed by atoms with Gasteiger partial charge in [0.1, 0.15) is 0 Å². The zero-order chi connectivity index (χ0) is 17.4. The fourth-order valence-electron chi connectivity index (χ4n) is 2.56. The lowest BCUT2D eigenvalue weighted by Gasteiger charge is -1.99. The van der Waals surface area contributed by atoms with Crippen LogP contribution < -0.4 is 0 Å². The van der Waals surface area contributed by atoms with Crippen molar-refractivity contribution in [3.8, 4) is 11.4 Å². The van der Waals surface area contributed by atoms with Gasteiger partial charge in [-0.05, 0) is 35.9 Å². The predicted octanol–water partition coefficient (Wildman–Crippen LogP) is 2.61. The van der Waals surface area contributed by atoms with E-state index in [0.29, 0.717) is 23.7 Å². The molecule has 0 bridgehead atoms. The molecule has 1 N–H and O–H groups in total. The molecule has 0 saturated heterocycles. The van der Waals surface area contributed by atoms with E-state index >= 15 is 0 Å². The molecule has 2 heterocycles. The van der Waals surface area contributed by atoms with Gasteiger partial charge in [0.2, 0.25) is 11.7 Å². The van der Waals surface area contributed by atoms with Gasteiger partial charge in [0.25, 0.3) is 0 Å². The standard InChI is InChI=1S/C17H14N4O3S/c1-25(22,23)14-6-4-12(5-7-14)17-19-16(24-21-17)9-11-2-3-13-10-18-20-15(13)8-11/h2-8,10H,9H2,1H3,(H,18,20). The highest BCUT2D eigenvalue weighted by Gasteiger charge is 2.12. The van der Waals surface area contributed by atoms with Crippen LogP contribution in [-0.4, -0.2) is 35.0 Å². The molecule has 0 fully saturated rings. The van der Waals surface area contributed by atoms with E-state index in [1.807, 2.05) is 18.2 Å². The Kier molecular flexibility index (Phi) is 3.61. The Bertz CT molecular complexity index is 1140. The number of hydrogen-bond donors (Lipinski definition) is 1. The minimum absolute atomic E-state index is 0.257. The topological polar surface area (TPSA) is 102 Å². The summed E-state index contributed by atoms with van der Waals surface area (Å²) < 4.78 is 28.3. The molecule has 2 aromatic heterocycles. The molecule has 0 aliphatic carbocycles. The van der Waals surface area contributed by atoms with E-state index in [9.17, 15) is 8.42 Å². The van der Waals surface area contributed by atoms with Gasteiger partial charge in [-0.15, -0.1) is 0 Å². The van der Waals surface area contributed by atoms with Crippen LogP contribution in [-0.2, 0) is 16.3 Å². The summed E-state index contributed by atoms with van der Waals surface area (Å²) in [6.45, 7) is 0. The van der Waals surface area contributed by atoms with Crippen LogP contribution in [0.15, 0.2) is 58.1 Å². The molecule has 4 rings (SSSR count). The van der Waals surface area contributed by atoms with E-state index in [4.69, 9.17) is 4.52 Å². The number of benzene rings is 2. The molecular weight excluding hydrogens is 340 g/mol. The van der Waals surface area contributed by atoms with Crippen molar-refractivity contribution in [2.75, 3.05) is 6.26 Å². The highest BCUT2D eigenvalue weighted by molar-refractivity contribution is 7.90. The first kappa shape index (κ1) is 15.5. The lowest BCUT2D eigenvalue weighted by Crippen LogP contribution is -1.96. The third-order valence-electron chi connectivity index (χ3n) is 3.87. The lowest BCUT2D eigenvalue weighted by atomic mass is 10.1. The average molecular weight is 354 g/mol. The van der Waals surface area contributed by atoms with Gasteiger partial charge in [0.05, 0.1) is 23.0 Å². The van der Waals surface area contributed by atoms with Gasteiger partial charge in [0.15, 0.2) is 9.84 Å². The molecule has 25 heavy (non-hydrogen) atoms. The fraction of sp³-hybridized carbons (Fsp3) is 0.118. The van der Waals surface area contributed by atoms with Crippen LogP contribution in [0.5, 0.6) is 0 Å². The van der Waals surface area contributed by atoms with Crippen molar-refractivity contribution in [1.82, 2.24) is 20.3 Å². The summed E-state index contributed by atoms with van der Waals surface area (Å²) in [7, 11) is -3.22. The summed E-state index contributed by atoms with van der Waals surface area (Å²) in [5, 5.41) is 11.9. The van der Waals surface area contributed by atoms with Crippen molar-refractivity contribution in [1.29, 1.82) is 0 Å². The van der Waals surface area contributed by atoms with E-state index in [1.54, 1.807) is 18.3 Å². The first-order chi connectivity index (χ1) is 12.0. The number of nitrogens with one attached hydrogen (secondary N) is 1. The second-order valence-corrected chi connectivity index (χ2v) is 7.79. The van der Waals surface area contributed by atoms with Crippen molar-refractivity contribution < 1.29 is 12.9 Å². The fourth-order valence-corrected chi connectivity index (χ4v) is 3.19. The summed E-state index contributed by atoms with van der Waals surface area (Å²) in [6.07, 6.45) is 3.44. The maximum Gasteiger partial charge on any atom is 0.231 e. The predicted molar refractivity (Wildman–Crippen MR) is 91.7 cm³/mol. The Hall–Kier alpha value is -3.00. The molecule has 2 aromatic carbocycles. The minimum atomic E-state index is -3.22. The summed E-state index contributed by atoms with van der Waals surface area (Å²) in [6, 6.07) is 12.4. The third-order valence-corrected chi connectivity index (χ3v) is 5.00. The third kappa shape index (κ3) is 3.16. The number of aromatic amines is 1. The molecule has 7 nitrogen and oxygen atoms in total. The van der Waals surface area contributed by atoms with Crippen LogP contribution in [0.25, 0.3) is 22.3 Å². The number of rotatable bonds is 4. The Labute approximate surface area is 143 Å². The minimum Gasteiger partial charge on any atom is -0.339 e. The number of hydrogen-bond acceptors (Lipinski definition) is 6. The maximum atomic E-state index is 11.5. The summed E-state index contributed by atoms with van der Waals surface area (Å²) in [5.74, 6) is 0.915. The number of sulfone groups is 1. The first-order valence-corrected chi connectivity index (χ1v) is 9.43. The molecule has 0 aliphatic rings. The van der Waals surface area contributed by atoms with E-state index < -0.39 is 9.84 Å². The summed E-state index contributed by atoms with van der Waals surface area (Å²) >= 11 is 0. The Morgan fingerprint density at radius 3 is 2.68 bits per heavy atom. The highest BCUT2D eigenvalue weighted by atomic mass is 32.2. The van der Waals surface area contributed by atoms with Crippen LogP contribution in [0.3, 0.4) is 0 Å². The van der Waals surface area contributed by atoms with Crippen molar-refractivity contribution in [3.63, 3.8) is 0 Å². The molecule has 0 spiro atoms. The molecule has 4 aromatic rings. The SMILES string of the molecule is CS(=O)(=O)c1ccc(-c2noc(Cc3ccc4cn[nH]c4c3)n2)cc1. The second-order valence-electron chi connectivity index (χ2n) is 5.78. The van der Waals surface area contributed by atoms with Gasteiger partial charge in [-0.3, -0.25) is 5.10 Å². The van der Waals surface area contributed by atoms with Gasteiger partial charge in [0, 0.05) is 17.2 Å². The average Bonchev–Trinajstić information content (AvgIpc) is 3.23. The summed E-state index contributed by atoms with van der Waals surface area (Å²) in [4.78, 5) is 4.64. The lowest BCUT2D eigenvalue weighted by molar-refractivity contribution is 0.386. The molecule has 0 amide bonds. The van der Waals surface area contributed by atoms with E-state index in [1.165, 1.54) is 18.4 Å². The first-order valence-electron chi connectivity index (χ1n) is 7.54. The van der Waals surface area contributed by atoms with Crippen LogP contribution >= 0.6 is 0 Å². The normalized spacial score (nSPS) is 11.9. The summed E-state index contributed by atoms with van der Waals surface area (Å²) in [5.41, 5.74) is 2.68. The van der Waals surface area contributed by atoms with Crippen molar-refractivity contribution >= 4 is 20.7 Å². The quantitative estimate of drug-likeness (QED) is 0.604. The number of H-pyrrole nitrogens is 1. The molecular formula is C17H14N4O3S. The Balaban J connectivity index is 1.57. The van der Waals surface area contributed by atoms with Gasteiger partial charge < -0.3 is 4.52 Å². The van der Waals surface area contributed by atoms with Crippen LogP contribution in [0.4, 0.5) is 0 Å².